The minimum Gasteiger partial charge on any atom is -0.494 e. The van der Waals surface area contributed by atoms with Crippen LogP contribution in [-0.4, -0.2) is 24.3 Å². The van der Waals surface area contributed by atoms with Gasteiger partial charge < -0.3 is 9.84 Å². The second-order valence-corrected chi connectivity index (χ2v) is 7.87. The molecule has 3 aromatic carbocycles. The van der Waals surface area contributed by atoms with Crippen LogP contribution >= 0.6 is 31.9 Å². The number of aliphatic hydroxyl groups is 1. The van der Waals surface area contributed by atoms with Crippen LogP contribution in [0.15, 0.2) is 86.8 Å². The number of hydrogen-bond donors (Lipinski definition) is 2. The third kappa shape index (κ3) is 4.58. The molecule has 0 aromatic heterocycles. The zero-order chi connectivity index (χ0) is 20.9. The molecule has 0 fully saturated rings. The fourth-order valence-corrected chi connectivity index (χ4v) is 4.43. The Kier molecular flexibility index (Phi) is 6.84. The molecule has 0 heterocycles. The van der Waals surface area contributed by atoms with Gasteiger partial charge in [-0.3, -0.25) is 4.79 Å². The molecule has 148 valence electrons. The van der Waals surface area contributed by atoms with Gasteiger partial charge in [-0.05, 0) is 60.7 Å². The van der Waals surface area contributed by atoms with E-state index in [1.165, 1.54) is 6.21 Å². The Labute approximate surface area is 185 Å². The molecule has 0 radical (unpaired) electrons. The number of carbonyl (C=O) groups excluding carboxylic acids is 1. The van der Waals surface area contributed by atoms with Crippen LogP contribution in [-0.2, 0) is 10.4 Å². The maximum Gasteiger partial charge on any atom is 0.281 e. The van der Waals surface area contributed by atoms with Crippen molar-refractivity contribution in [3.8, 4) is 5.75 Å². The van der Waals surface area contributed by atoms with Crippen molar-refractivity contribution in [3.05, 3.63) is 98.4 Å². The predicted octanol–water partition coefficient (Wildman–Crippen LogP) is 4.61. The lowest BCUT2D eigenvalue weighted by Gasteiger charge is -2.27. The number of carbonyl (C=O) groups is 1. The van der Waals surface area contributed by atoms with Crippen molar-refractivity contribution >= 4 is 44.0 Å². The van der Waals surface area contributed by atoms with Gasteiger partial charge in [0.15, 0.2) is 5.60 Å². The molecule has 0 aliphatic heterocycles. The van der Waals surface area contributed by atoms with Crippen molar-refractivity contribution in [2.24, 2.45) is 5.10 Å². The highest BCUT2D eigenvalue weighted by Crippen LogP contribution is 2.34. The summed E-state index contributed by atoms with van der Waals surface area (Å²) < 4.78 is 6.76. The van der Waals surface area contributed by atoms with E-state index in [-0.39, 0.29) is 0 Å². The van der Waals surface area contributed by atoms with E-state index in [1.54, 1.807) is 67.8 Å². The van der Waals surface area contributed by atoms with Gasteiger partial charge in [0, 0.05) is 0 Å². The van der Waals surface area contributed by atoms with Crippen LogP contribution in [0.1, 0.15) is 16.7 Å². The van der Waals surface area contributed by atoms with E-state index in [0.29, 0.717) is 16.9 Å². The molecule has 3 rings (SSSR count). The number of halogens is 2. The zero-order valence-electron chi connectivity index (χ0n) is 15.5. The summed E-state index contributed by atoms with van der Waals surface area (Å²) >= 11 is 6.86. The fraction of sp³-hybridized carbons (Fsp3) is 0.0909. The molecule has 0 saturated heterocycles. The van der Waals surface area contributed by atoms with Crippen LogP contribution in [0.3, 0.4) is 0 Å². The summed E-state index contributed by atoms with van der Waals surface area (Å²) in [6, 6.07) is 21.1. The second-order valence-electron chi connectivity index (χ2n) is 6.16. The summed E-state index contributed by atoms with van der Waals surface area (Å²) in [5, 5.41) is 15.4. The number of methoxy groups -OCH3 is 1. The van der Waals surface area contributed by atoms with Gasteiger partial charge in [0.05, 0.1) is 22.3 Å². The van der Waals surface area contributed by atoms with Gasteiger partial charge in [0.25, 0.3) is 5.91 Å². The van der Waals surface area contributed by atoms with E-state index in [2.05, 4.69) is 42.4 Å². The summed E-state index contributed by atoms with van der Waals surface area (Å²) in [6.07, 6.45) is 1.49. The van der Waals surface area contributed by atoms with Gasteiger partial charge in [-0.1, -0.05) is 60.7 Å². The molecule has 0 bridgehead atoms. The molecule has 0 unspecified atom stereocenters. The van der Waals surface area contributed by atoms with Crippen LogP contribution in [0.5, 0.6) is 5.75 Å². The van der Waals surface area contributed by atoms with Crippen molar-refractivity contribution in [1.82, 2.24) is 5.43 Å². The maximum atomic E-state index is 13.0. The SMILES string of the molecule is COc1c(Br)cc(/C=N\NC(=O)C(O)(c2ccccc2)c2ccccc2)cc1Br. The molecule has 0 aliphatic carbocycles. The Morgan fingerprint density at radius 1 is 1.00 bits per heavy atom. The average Bonchev–Trinajstić information content (AvgIpc) is 2.74. The summed E-state index contributed by atoms with van der Waals surface area (Å²) in [7, 11) is 1.58. The molecular weight excluding hydrogens is 500 g/mol. The van der Waals surface area contributed by atoms with Gasteiger partial charge in [-0.2, -0.15) is 5.10 Å². The van der Waals surface area contributed by atoms with Crippen molar-refractivity contribution in [2.75, 3.05) is 7.11 Å². The Bertz CT molecular complexity index is 962. The molecule has 0 atom stereocenters. The molecule has 3 aromatic rings. The monoisotopic (exact) mass is 516 g/mol. The van der Waals surface area contributed by atoms with Crippen LogP contribution in [0.4, 0.5) is 0 Å². The highest BCUT2D eigenvalue weighted by molar-refractivity contribution is 9.11. The van der Waals surface area contributed by atoms with Gasteiger partial charge in [0.1, 0.15) is 5.75 Å². The summed E-state index contributed by atoms with van der Waals surface area (Å²) in [5.41, 5.74) is 2.22. The highest BCUT2D eigenvalue weighted by atomic mass is 79.9. The standard InChI is InChI=1S/C22H18Br2N2O3/c1-29-20-18(23)12-15(13-19(20)24)14-25-26-21(27)22(28,16-8-4-2-5-9-16)17-10-6-3-7-11-17/h2-14,28H,1H3,(H,26,27)/b25-14-. The van der Waals surface area contributed by atoms with Crippen LogP contribution < -0.4 is 10.2 Å². The minimum absolute atomic E-state index is 0.453. The number of rotatable bonds is 6. The third-order valence-electron chi connectivity index (χ3n) is 4.32. The molecule has 0 aliphatic rings. The Hall–Kier alpha value is -2.48. The lowest BCUT2D eigenvalue weighted by atomic mass is 9.85. The summed E-state index contributed by atoms with van der Waals surface area (Å²) in [6.45, 7) is 0. The molecule has 5 nitrogen and oxygen atoms in total. The van der Waals surface area contributed by atoms with E-state index < -0.39 is 11.5 Å². The van der Waals surface area contributed by atoms with E-state index in [9.17, 15) is 9.90 Å². The van der Waals surface area contributed by atoms with Crippen LogP contribution in [0.25, 0.3) is 0 Å². The van der Waals surface area contributed by atoms with E-state index in [0.717, 1.165) is 14.5 Å². The number of ether oxygens (including phenoxy) is 1. The molecule has 0 saturated carbocycles. The fourth-order valence-electron chi connectivity index (χ4n) is 2.88. The first-order valence-electron chi connectivity index (χ1n) is 8.66. The Morgan fingerprint density at radius 2 is 1.48 bits per heavy atom. The largest absolute Gasteiger partial charge is 0.494 e. The van der Waals surface area contributed by atoms with Crippen LogP contribution in [0, 0.1) is 0 Å². The van der Waals surface area contributed by atoms with Crippen molar-refractivity contribution in [1.29, 1.82) is 0 Å². The van der Waals surface area contributed by atoms with E-state index >= 15 is 0 Å². The molecule has 2 N–H and O–H groups in total. The van der Waals surface area contributed by atoms with E-state index in [4.69, 9.17) is 4.74 Å². The molecule has 0 spiro atoms. The van der Waals surface area contributed by atoms with Crippen LogP contribution in [0.2, 0.25) is 0 Å². The first-order valence-corrected chi connectivity index (χ1v) is 10.3. The number of hydrazone groups is 1. The minimum atomic E-state index is -1.87. The highest BCUT2D eigenvalue weighted by Gasteiger charge is 2.39. The van der Waals surface area contributed by atoms with E-state index in [1.807, 2.05) is 12.1 Å². The first kappa shape index (κ1) is 21.2. The smallest absolute Gasteiger partial charge is 0.281 e. The number of amides is 1. The zero-order valence-corrected chi connectivity index (χ0v) is 18.6. The number of nitrogens with one attached hydrogen (secondary N) is 1. The van der Waals surface area contributed by atoms with Gasteiger partial charge in [-0.15, -0.1) is 0 Å². The summed E-state index contributed by atoms with van der Waals surface area (Å²) in [5.74, 6) is 0.00603. The Morgan fingerprint density at radius 3 is 1.93 bits per heavy atom. The molecule has 29 heavy (non-hydrogen) atoms. The second kappa shape index (κ2) is 9.35. The predicted molar refractivity (Wildman–Crippen MR) is 120 cm³/mol. The number of benzene rings is 3. The van der Waals surface area contributed by atoms with Gasteiger partial charge in [0.2, 0.25) is 0 Å². The molecule has 7 heteroatoms. The van der Waals surface area contributed by atoms with Crippen molar-refractivity contribution in [2.45, 2.75) is 5.60 Å². The van der Waals surface area contributed by atoms with Gasteiger partial charge in [-0.25, -0.2) is 5.43 Å². The first-order chi connectivity index (χ1) is 14.0. The molecule has 1 amide bonds. The summed E-state index contributed by atoms with van der Waals surface area (Å²) in [4.78, 5) is 13.0. The lowest BCUT2D eigenvalue weighted by Crippen LogP contribution is -2.43. The van der Waals surface area contributed by atoms with Gasteiger partial charge >= 0.3 is 0 Å². The Balaban J connectivity index is 1.88. The average molecular weight is 518 g/mol. The maximum absolute atomic E-state index is 13.0. The quantitative estimate of drug-likeness (QED) is 0.370. The normalized spacial score (nSPS) is 11.4. The lowest BCUT2D eigenvalue weighted by molar-refractivity contribution is -0.136. The third-order valence-corrected chi connectivity index (χ3v) is 5.49. The number of nitrogens with zero attached hydrogens (tertiary/aromatic N) is 1. The number of hydrogen-bond acceptors (Lipinski definition) is 4. The van der Waals surface area contributed by atoms with Crippen molar-refractivity contribution in [3.63, 3.8) is 0 Å². The topological polar surface area (TPSA) is 70.9 Å². The molecular formula is C22H18Br2N2O3. The van der Waals surface area contributed by atoms with Crippen molar-refractivity contribution < 1.29 is 14.6 Å².